The van der Waals surface area contributed by atoms with Crippen molar-refractivity contribution < 1.29 is 9.90 Å². The van der Waals surface area contributed by atoms with E-state index in [2.05, 4.69) is 62.5 Å². The highest BCUT2D eigenvalue weighted by molar-refractivity contribution is 5.87. The van der Waals surface area contributed by atoms with Gasteiger partial charge in [0.2, 0.25) is 5.91 Å². The highest BCUT2D eigenvalue weighted by Gasteiger charge is 2.25. The zero-order chi connectivity index (χ0) is 23.8. The summed E-state index contributed by atoms with van der Waals surface area (Å²) in [5, 5.41) is 13.6. The Balaban J connectivity index is 4.03. The molecule has 0 aromatic carbocycles. The topological polar surface area (TPSA) is 49.3 Å². The molecule has 0 heterocycles. The molecule has 0 aromatic heterocycles. The molecule has 2 N–H and O–H groups in total. The maximum absolute atomic E-state index is 12.0. The van der Waals surface area contributed by atoms with Gasteiger partial charge in [0, 0.05) is 12.6 Å². The molecule has 180 valence electrons. The van der Waals surface area contributed by atoms with Crippen LogP contribution in [-0.2, 0) is 4.79 Å². The van der Waals surface area contributed by atoms with Gasteiger partial charge >= 0.3 is 0 Å². The molecule has 0 rings (SSSR count). The van der Waals surface area contributed by atoms with Crippen molar-refractivity contribution in [1.29, 1.82) is 0 Å². The van der Waals surface area contributed by atoms with Crippen LogP contribution in [0.25, 0.3) is 0 Å². The maximum atomic E-state index is 12.0. The third-order valence-electron chi connectivity index (χ3n) is 5.10. The molecule has 0 aliphatic rings. The van der Waals surface area contributed by atoms with E-state index in [0.29, 0.717) is 6.54 Å². The lowest BCUT2D eigenvalue weighted by Gasteiger charge is -2.28. The van der Waals surface area contributed by atoms with Crippen LogP contribution in [0.5, 0.6) is 0 Å². The van der Waals surface area contributed by atoms with E-state index < -0.39 is 5.60 Å². The number of hydrogen-bond acceptors (Lipinski definition) is 2. The number of nitrogens with one attached hydrogen (secondary N) is 1. The first-order valence-electron chi connectivity index (χ1n) is 12.6. The highest BCUT2D eigenvalue weighted by atomic mass is 16.3. The van der Waals surface area contributed by atoms with Crippen molar-refractivity contribution in [2.24, 2.45) is 0 Å². The molecular formula is C29H47NO2. The number of aliphatic hydroxyl groups is 1. The first-order valence-corrected chi connectivity index (χ1v) is 12.6. The van der Waals surface area contributed by atoms with Gasteiger partial charge in [0.25, 0.3) is 0 Å². The van der Waals surface area contributed by atoms with E-state index in [1.54, 1.807) is 6.08 Å². The SMILES string of the molecule is CCCCC=CC=CC=CC=CCCC=CC=CC(=O)NCC(O)(CCC)CCCCC. The van der Waals surface area contributed by atoms with Gasteiger partial charge in [-0.3, -0.25) is 4.79 Å². The average molecular weight is 442 g/mol. The van der Waals surface area contributed by atoms with Crippen molar-refractivity contribution in [2.45, 2.75) is 97.0 Å². The Morgan fingerprint density at radius 3 is 1.84 bits per heavy atom. The summed E-state index contributed by atoms with van der Waals surface area (Å²) in [6.45, 7) is 6.74. The second-order valence-electron chi connectivity index (χ2n) is 8.28. The van der Waals surface area contributed by atoms with E-state index >= 15 is 0 Å². The third-order valence-corrected chi connectivity index (χ3v) is 5.10. The molecule has 0 aliphatic carbocycles. The second kappa shape index (κ2) is 22.1. The summed E-state index contributed by atoms with van der Waals surface area (Å²) in [4.78, 5) is 12.0. The molecule has 1 atom stereocenters. The fraction of sp³-hybridized carbons (Fsp3) is 0.552. The minimum atomic E-state index is -0.787. The summed E-state index contributed by atoms with van der Waals surface area (Å²) in [6, 6.07) is 0. The van der Waals surface area contributed by atoms with E-state index in [0.717, 1.165) is 57.8 Å². The van der Waals surface area contributed by atoms with Crippen LogP contribution < -0.4 is 5.32 Å². The predicted octanol–water partition coefficient (Wildman–Crippen LogP) is 7.52. The predicted molar refractivity (Wildman–Crippen MR) is 141 cm³/mol. The van der Waals surface area contributed by atoms with E-state index in [-0.39, 0.29) is 5.91 Å². The minimum Gasteiger partial charge on any atom is -0.388 e. The Morgan fingerprint density at radius 1 is 0.688 bits per heavy atom. The summed E-state index contributed by atoms with van der Waals surface area (Å²) >= 11 is 0. The molecule has 0 bridgehead atoms. The van der Waals surface area contributed by atoms with Gasteiger partial charge in [0.1, 0.15) is 0 Å². The molecule has 32 heavy (non-hydrogen) atoms. The number of hydrogen-bond donors (Lipinski definition) is 2. The average Bonchev–Trinajstić information content (AvgIpc) is 2.78. The minimum absolute atomic E-state index is 0.155. The molecule has 0 saturated heterocycles. The van der Waals surface area contributed by atoms with Crippen molar-refractivity contribution in [2.75, 3.05) is 6.54 Å². The van der Waals surface area contributed by atoms with Crippen molar-refractivity contribution >= 4 is 5.91 Å². The van der Waals surface area contributed by atoms with Crippen molar-refractivity contribution in [3.05, 3.63) is 72.9 Å². The Bertz CT molecular complexity index is 625. The molecule has 0 saturated carbocycles. The Morgan fingerprint density at radius 2 is 1.25 bits per heavy atom. The zero-order valence-corrected chi connectivity index (χ0v) is 20.8. The Kier molecular flexibility index (Phi) is 20.6. The van der Waals surface area contributed by atoms with Gasteiger partial charge in [-0.2, -0.15) is 0 Å². The summed E-state index contributed by atoms with van der Waals surface area (Å²) in [6.07, 6.45) is 35.0. The van der Waals surface area contributed by atoms with E-state index in [4.69, 9.17) is 0 Å². The van der Waals surface area contributed by atoms with Gasteiger partial charge in [-0.25, -0.2) is 0 Å². The number of carbonyl (C=O) groups excluding carboxylic acids is 1. The van der Waals surface area contributed by atoms with Gasteiger partial charge in [-0.05, 0) is 32.1 Å². The fourth-order valence-electron chi connectivity index (χ4n) is 3.22. The lowest BCUT2D eigenvalue weighted by Crippen LogP contribution is -2.42. The normalized spacial score (nSPS) is 14.8. The standard InChI is InChI=1S/C29H47NO2/c1-4-7-9-10-11-12-13-14-15-16-17-18-19-20-21-22-24-28(31)30-27-29(32,25-6-3)26-23-8-5-2/h10-17,20-22,24,32H,4-9,18-19,23,25-27H2,1-3H3,(H,30,31). The van der Waals surface area contributed by atoms with Gasteiger partial charge in [-0.15, -0.1) is 0 Å². The summed E-state index contributed by atoms with van der Waals surface area (Å²) in [5.41, 5.74) is -0.787. The van der Waals surface area contributed by atoms with E-state index in [1.165, 1.54) is 18.9 Å². The number of amides is 1. The van der Waals surface area contributed by atoms with Crippen LogP contribution in [0.4, 0.5) is 0 Å². The summed E-state index contributed by atoms with van der Waals surface area (Å²) in [5.74, 6) is -0.155. The van der Waals surface area contributed by atoms with Gasteiger partial charge in [0.15, 0.2) is 0 Å². The van der Waals surface area contributed by atoms with Crippen molar-refractivity contribution in [3.8, 4) is 0 Å². The van der Waals surface area contributed by atoms with E-state index in [9.17, 15) is 9.90 Å². The van der Waals surface area contributed by atoms with Crippen LogP contribution >= 0.6 is 0 Å². The number of carbonyl (C=O) groups is 1. The quantitative estimate of drug-likeness (QED) is 0.124. The van der Waals surface area contributed by atoms with Crippen LogP contribution in [0, 0.1) is 0 Å². The molecule has 0 radical (unpaired) electrons. The molecule has 0 fully saturated rings. The monoisotopic (exact) mass is 441 g/mol. The van der Waals surface area contributed by atoms with Crippen LogP contribution in [0.3, 0.4) is 0 Å². The molecule has 1 unspecified atom stereocenters. The number of allylic oxidation sites excluding steroid dienone is 11. The molecule has 0 aromatic rings. The Labute approximate surface area is 197 Å². The first-order chi connectivity index (χ1) is 15.6. The lowest BCUT2D eigenvalue weighted by atomic mass is 9.91. The van der Waals surface area contributed by atoms with E-state index in [1.807, 2.05) is 24.3 Å². The van der Waals surface area contributed by atoms with Gasteiger partial charge < -0.3 is 10.4 Å². The number of rotatable bonds is 19. The molecule has 0 aliphatic heterocycles. The molecule has 0 spiro atoms. The molecule has 3 heteroatoms. The van der Waals surface area contributed by atoms with Crippen LogP contribution in [0.2, 0.25) is 0 Å². The number of unbranched alkanes of at least 4 members (excludes halogenated alkanes) is 5. The lowest BCUT2D eigenvalue weighted by molar-refractivity contribution is -0.118. The fourth-order valence-corrected chi connectivity index (χ4v) is 3.22. The van der Waals surface area contributed by atoms with Crippen LogP contribution in [-0.4, -0.2) is 23.2 Å². The van der Waals surface area contributed by atoms with Crippen LogP contribution in [0.1, 0.15) is 91.4 Å². The van der Waals surface area contributed by atoms with Crippen molar-refractivity contribution in [1.82, 2.24) is 5.32 Å². The molecule has 3 nitrogen and oxygen atoms in total. The maximum Gasteiger partial charge on any atom is 0.244 e. The highest BCUT2D eigenvalue weighted by Crippen LogP contribution is 2.20. The Hall–Kier alpha value is -2.13. The summed E-state index contributed by atoms with van der Waals surface area (Å²) < 4.78 is 0. The third kappa shape index (κ3) is 19.8. The summed E-state index contributed by atoms with van der Waals surface area (Å²) in [7, 11) is 0. The van der Waals surface area contributed by atoms with Gasteiger partial charge in [-0.1, -0.05) is 126 Å². The largest absolute Gasteiger partial charge is 0.388 e. The zero-order valence-electron chi connectivity index (χ0n) is 20.8. The first kappa shape index (κ1) is 29.9. The second-order valence-corrected chi connectivity index (χ2v) is 8.28. The van der Waals surface area contributed by atoms with Gasteiger partial charge in [0.05, 0.1) is 5.60 Å². The molecular weight excluding hydrogens is 394 g/mol. The van der Waals surface area contributed by atoms with Crippen LogP contribution in [0.15, 0.2) is 72.9 Å². The van der Waals surface area contributed by atoms with Crippen molar-refractivity contribution in [3.63, 3.8) is 0 Å². The molecule has 1 amide bonds. The smallest absolute Gasteiger partial charge is 0.244 e.